The molecule has 0 atom stereocenters. The second-order valence-electron chi connectivity index (χ2n) is 3.88. The standard InChI is InChI=1S/C12H15IO2/c1-9(2)8-15-12(14)7-10-4-3-5-11(13)6-10/h3-6,9H,7-8H2,1-2H3. The third-order valence-electron chi connectivity index (χ3n) is 1.82. The number of rotatable bonds is 4. The van der Waals surface area contributed by atoms with Gasteiger partial charge in [0, 0.05) is 3.57 Å². The Bertz CT molecular complexity index is 334. The Labute approximate surface area is 104 Å². The van der Waals surface area contributed by atoms with E-state index in [0.29, 0.717) is 18.9 Å². The number of ether oxygens (including phenoxy) is 1. The highest BCUT2D eigenvalue weighted by Crippen LogP contribution is 2.09. The first-order valence-corrected chi connectivity index (χ1v) is 6.06. The predicted octanol–water partition coefficient (Wildman–Crippen LogP) is 3.03. The van der Waals surface area contributed by atoms with E-state index in [1.54, 1.807) is 0 Å². The van der Waals surface area contributed by atoms with Gasteiger partial charge in [-0.2, -0.15) is 0 Å². The molecule has 0 aromatic heterocycles. The van der Waals surface area contributed by atoms with E-state index in [9.17, 15) is 4.79 Å². The van der Waals surface area contributed by atoms with Gasteiger partial charge in [-0.25, -0.2) is 0 Å². The van der Waals surface area contributed by atoms with Crippen molar-refractivity contribution in [3.63, 3.8) is 0 Å². The van der Waals surface area contributed by atoms with Crippen LogP contribution in [-0.2, 0) is 16.0 Å². The first-order chi connectivity index (χ1) is 7.08. The molecule has 0 radical (unpaired) electrons. The maximum Gasteiger partial charge on any atom is 0.310 e. The van der Waals surface area contributed by atoms with E-state index in [0.717, 1.165) is 9.13 Å². The van der Waals surface area contributed by atoms with Gasteiger partial charge < -0.3 is 4.74 Å². The molecule has 1 rings (SSSR count). The highest BCUT2D eigenvalue weighted by Gasteiger charge is 2.05. The highest BCUT2D eigenvalue weighted by atomic mass is 127. The summed E-state index contributed by atoms with van der Waals surface area (Å²) in [4.78, 5) is 11.4. The van der Waals surface area contributed by atoms with Crippen LogP contribution in [0, 0.1) is 9.49 Å². The molecule has 1 aromatic carbocycles. The third-order valence-corrected chi connectivity index (χ3v) is 2.49. The lowest BCUT2D eigenvalue weighted by molar-refractivity contribution is -0.143. The van der Waals surface area contributed by atoms with Crippen LogP contribution in [0.4, 0.5) is 0 Å². The second kappa shape index (κ2) is 6.10. The monoisotopic (exact) mass is 318 g/mol. The van der Waals surface area contributed by atoms with E-state index in [1.807, 2.05) is 38.1 Å². The van der Waals surface area contributed by atoms with Crippen molar-refractivity contribution >= 4 is 28.6 Å². The van der Waals surface area contributed by atoms with Gasteiger partial charge in [-0.05, 0) is 46.2 Å². The van der Waals surface area contributed by atoms with Crippen LogP contribution in [0.15, 0.2) is 24.3 Å². The van der Waals surface area contributed by atoms with Crippen LogP contribution in [0.3, 0.4) is 0 Å². The van der Waals surface area contributed by atoms with Crippen molar-refractivity contribution in [1.82, 2.24) is 0 Å². The van der Waals surface area contributed by atoms with Gasteiger partial charge in [-0.15, -0.1) is 0 Å². The molecule has 0 aliphatic rings. The van der Waals surface area contributed by atoms with Gasteiger partial charge in [0.25, 0.3) is 0 Å². The second-order valence-corrected chi connectivity index (χ2v) is 5.13. The van der Waals surface area contributed by atoms with Crippen molar-refractivity contribution in [2.24, 2.45) is 5.92 Å². The summed E-state index contributed by atoms with van der Waals surface area (Å²) >= 11 is 2.23. The van der Waals surface area contributed by atoms with E-state index in [4.69, 9.17) is 4.74 Å². The Balaban J connectivity index is 2.44. The molecule has 3 heteroatoms. The van der Waals surface area contributed by atoms with Crippen molar-refractivity contribution in [3.05, 3.63) is 33.4 Å². The smallest absolute Gasteiger partial charge is 0.310 e. The molecule has 0 saturated carbocycles. The Morgan fingerprint density at radius 1 is 1.47 bits per heavy atom. The molecule has 0 amide bonds. The normalized spacial score (nSPS) is 10.4. The van der Waals surface area contributed by atoms with Crippen LogP contribution in [0.25, 0.3) is 0 Å². The lowest BCUT2D eigenvalue weighted by atomic mass is 10.1. The molecular weight excluding hydrogens is 303 g/mol. The molecule has 0 aliphatic heterocycles. The molecule has 0 bridgehead atoms. The van der Waals surface area contributed by atoms with Crippen LogP contribution in [-0.4, -0.2) is 12.6 Å². The molecule has 0 aliphatic carbocycles. The number of hydrogen-bond donors (Lipinski definition) is 0. The van der Waals surface area contributed by atoms with Gasteiger partial charge >= 0.3 is 5.97 Å². The van der Waals surface area contributed by atoms with Gasteiger partial charge in [0.05, 0.1) is 13.0 Å². The number of halogens is 1. The highest BCUT2D eigenvalue weighted by molar-refractivity contribution is 14.1. The number of carbonyl (C=O) groups excluding carboxylic acids is 1. The minimum atomic E-state index is -0.147. The largest absolute Gasteiger partial charge is 0.465 e. The zero-order chi connectivity index (χ0) is 11.3. The zero-order valence-electron chi connectivity index (χ0n) is 9.00. The maximum absolute atomic E-state index is 11.4. The molecule has 0 heterocycles. The fourth-order valence-electron chi connectivity index (χ4n) is 1.12. The SMILES string of the molecule is CC(C)COC(=O)Cc1cccc(I)c1. The molecule has 0 saturated heterocycles. The number of benzene rings is 1. The molecule has 1 aromatic rings. The quantitative estimate of drug-likeness (QED) is 0.630. The third kappa shape index (κ3) is 5.16. The summed E-state index contributed by atoms with van der Waals surface area (Å²) in [6.45, 7) is 4.56. The summed E-state index contributed by atoms with van der Waals surface area (Å²) in [5.74, 6) is 0.246. The Hall–Kier alpha value is -0.580. The maximum atomic E-state index is 11.4. The summed E-state index contributed by atoms with van der Waals surface area (Å²) in [6, 6.07) is 7.90. The molecular formula is C12H15IO2. The zero-order valence-corrected chi connectivity index (χ0v) is 11.2. The summed E-state index contributed by atoms with van der Waals surface area (Å²) in [5.41, 5.74) is 1.01. The van der Waals surface area contributed by atoms with E-state index >= 15 is 0 Å². The van der Waals surface area contributed by atoms with E-state index < -0.39 is 0 Å². The Morgan fingerprint density at radius 2 is 2.20 bits per heavy atom. The average Bonchev–Trinajstić information content (AvgIpc) is 2.15. The van der Waals surface area contributed by atoms with Crippen LogP contribution in [0.1, 0.15) is 19.4 Å². The average molecular weight is 318 g/mol. The topological polar surface area (TPSA) is 26.3 Å². The number of hydrogen-bond acceptors (Lipinski definition) is 2. The van der Waals surface area contributed by atoms with Crippen LogP contribution < -0.4 is 0 Å². The fraction of sp³-hybridized carbons (Fsp3) is 0.417. The summed E-state index contributed by atoms with van der Waals surface area (Å²) in [6.07, 6.45) is 0.365. The fourth-order valence-corrected chi connectivity index (χ4v) is 1.73. The summed E-state index contributed by atoms with van der Waals surface area (Å²) < 4.78 is 6.25. The lowest BCUT2D eigenvalue weighted by Gasteiger charge is -2.07. The summed E-state index contributed by atoms with van der Waals surface area (Å²) in [7, 11) is 0. The minimum Gasteiger partial charge on any atom is -0.465 e. The Morgan fingerprint density at radius 3 is 2.80 bits per heavy atom. The lowest BCUT2D eigenvalue weighted by Crippen LogP contribution is -2.12. The molecule has 0 fully saturated rings. The molecule has 82 valence electrons. The van der Waals surface area contributed by atoms with Crippen LogP contribution in [0.2, 0.25) is 0 Å². The Kier molecular flexibility index (Phi) is 5.08. The van der Waals surface area contributed by atoms with E-state index in [1.165, 1.54) is 0 Å². The number of esters is 1. The number of carbonyl (C=O) groups is 1. The van der Waals surface area contributed by atoms with Crippen molar-refractivity contribution in [3.8, 4) is 0 Å². The molecule has 15 heavy (non-hydrogen) atoms. The van der Waals surface area contributed by atoms with Gasteiger partial charge in [0.2, 0.25) is 0 Å². The van der Waals surface area contributed by atoms with E-state index in [2.05, 4.69) is 22.6 Å². The molecule has 0 N–H and O–H groups in total. The predicted molar refractivity (Wildman–Crippen MR) is 68.7 cm³/mol. The van der Waals surface area contributed by atoms with Crippen molar-refractivity contribution < 1.29 is 9.53 Å². The van der Waals surface area contributed by atoms with E-state index in [-0.39, 0.29) is 5.97 Å². The van der Waals surface area contributed by atoms with Gasteiger partial charge in [0.15, 0.2) is 0 Å². The molecule has 0 unspecified atom stereocenters. The van der Waals surface area contributed by atoms with Gasteiger partial charge in [0.1, 0.15) is 0 Å². The van der Waals surface area contributed by atoms with Gasteiger partial charge in [-0.1, -0.05) is 26.0 Å². The first kappa shape index (κ1) is 12.5. The molecule has 0 spiro atoms. The van der Waals surface area contributed by atoms with Crippen molar-refractivity contribution in [2.45, 2.75) is 20.3 Å². The minimum absolute atomic E-state index is 0.147. The molecule has 2 nitrogen and oxygen atoms in total. The first-order valence-electron chi connectivity index (χ1n) is 4.98. The summed E-state index contributed by atoms with van der Waals surface area (Å²) in [5, 5.41) is 0. The van der Waals surface area contributed by atoms with Crippen molar-refractivity contribution in [1.29, 1.82) is 0 Å². The van der Waals surface area contributed by atoms with Gasteiger partial charge in [-0.3, -0.25) is 4.79 Å². The van der Waals surface area contributed by atoms with Crippen molar-refractivity contribution in [2.75, 3.05) is 6.61 Å². The van der Waals surface area contributed by atoms with Crippen LogP contribution in [0.5, 0.6) is 0 Å². The van der Waals surface area contributed by atoms with Crippen LogP contribution >= 0.6 is 22.6 Å².